The third kappa shape index (κ3) is 5.89. The van der Waals surface area contributed by atoms with Crippen molar-refractivity contribution in [1.82, 2.24) is 5.32 Å². The molecule has 0 rings (SSSR count). The van der Waals surface area contributed by atoms with Gasteiger partial charge in [-0.3, -0.25) is 0 Å². The second-order valence-corrected chi connectivity index (χ2v) is 9.43. The summed E-state index contributed by atoms with van der Waals surface area (Å²) in [5, 5.41) is 5.14. The van der Waals surface area contributed by atoms with Gasteiger partial charge < -0.3 is 5.32 Å². The Morgan fingerprint density at radius 1 is 1.12 bits per heavy atom. The predicted octanol–water partition coefficient (Wildman–Crippen LogP) is 4.92. The Bertz CT molecular complexity index is 215. The van der Waals surface area contributed by atoms with E-state index in [0.717, 1.165) is 11.3 Å². The topological polar surface area (TPSA) is 12.0 Å². The van der Waals surface area contributed by atoms with Crippen molar-refractivity contribution < 1.29 is 0 Å². The summed E-state index contributed by atoms with van der Waals surface area (Å²) in [6.07, 6.45) is 3.46. The molecule has 2 heteroatoms. The van der Waals surface area contributed by atoms with Gasteiger partial charge in [-0.1, -0.05) is 42.5 Å². The molecule has 0 saturated carbocycles. The van der Waals surface area contributed by atoms with Gasteiger partial charge in [0.25, 0.3) is 0 Å². The zero-order chi connectivity index (χ0) is 12.9. The highest BCUT2D eigenvalue weighted by Gasteiger charge is 2.20. The number of rotatable bonds is 5. The Morgan fingerprint density at radius 3 is 1.81 bits per heavy atom. The fraction of sp³-hybridized carbons (Fsp3) is 0.857. The van der Waals surface area contributed by atoms with Crippen molar-refractivity contribution in [3.63, 3.8) is 0 Å². The highest BCUT2D eigenvalue weighted by Crippen LogP contribution is 2.54. The lowest BCUT2D eigenvalue weighted by molar-refractivity contribution is 0.490. The van der Waals surface area contributed by atoms with Crippen molar-refractivity contribution >= 4 is 7.92 Å². The summed E-state index contributed by atoms with van der Waals surface area (Å²) >= 11 is 0. The zero-order valence-corrected chi connectivity index (χ0v) is 13.3. The number of hydrogen-bond acceptors (Lipinski definition) is 1. The molecule has 0 unspecified atom stereocenters. The van der Waals surface area contributed by atoms with Crippen LogP contribution in [-0.4, -0.2) is 16.9 Å². The van der Waals surface area contributed by atoms with Crippen LogP contribution in [0.1, 0.15) is 61.8 Å². The number of hydrogen-bond donors (Lipinski definition) is 1. The molecule has 0 aromatic heterocycles. The maximum Gasteiger partial charge on any atom is 0.0284 e. The van der Waals surface area contributed by atoms with Crippen molar-refractivity contribution in [2.24, 2.45) is 0 Å². The van der Waals surface area contributed by atoms with Gasteiger partial charge in [-0.05, 0) is 43.8 Å². The van der Waals surface area contributed by atoms with Crippen molar-refractivity contribution in [2.45, 2.75) is 78.7 Å². The summed E-state index contributed by atoms with van der Waals surface area (Å²) < 4.78 is 0. The molecule has 0 fully saturated rings. The first kappa shape index (κ1) is 16.0. The van der Waals surface area contributed by atoms with Crippen LogP contribution in [0.4, 0.5) is 0 Å². The van der Waals surface area contributed by atoms with Crippen LogP contribution in [0.15, 0.2) is 11.5 Å². The van der Waals surface area contributed by atoms with Crippen LogP contribution in [0.25, 0.3) is 0 Å². The average molecular weight is 243 g/mol. The molecule has 0 radical (unpaired) electrons. The normalized spacial score (nSPS) is 14.1. The fourth-order valence-electron chi connectivity index (χ4n) is 1.92. The first-order valence-corrected chi connectivity index (χ1v) is 7.92. The minimum Gasteiger partial charge on any atom is -0.386 e. The van der Waals surface area contributed by atoms with E-state index in [0.29, 0.717) is 0 Å². The van der Waals surface area contributed by atoms with Gasteiger partial charge in [-0.25, -0.2) is 0 Å². The van der Waals surface area contributed by atoms with Crippen LogP contribution in [0, 0.1) is 0 Å². The van der Waals surface area contributed by atoms with Gasteiger partial charge in [-0.15, -0.1) is 0 Å². The number of allylic oxidation sites excluding steroid dienone is 1. The Balaban J connectivity index is 4.80. The second-order valence-electron chi connectivity index (χ2n) is 5.98. The fourth-order valence-corrected chi connectivity index (χ4v) is 5.02. The van der Waals surface area contributed by atoms with E-state index in [9.17, 15) is 0 Å². The first-order valence-electron chi connectivity index (χ1n) is 6.44. The zero-order valence-electron chi connectivity index (χ0n) is 12.4. The van der Waals surface area contributed by atoms with Crippen molar-refractivity contribution in [2.75, 3.05) is 0 Å². The van der Waals surface area contributed by atoms with Crippen LogP contribution < -0.4 is 5.32 Å². The highest BCUT2D eigenvalue weighted by atomic mass is 31.1. The quantitative estimate of drug-likeness (QED) is 0.675. The van der Waals surface area contributed by atoms with Crippen molar-refractivity contribution in [1.29, 1.82) is 0 Å². The van der Waals surface area contributed by atoms with E-state index in [1.165, 1.54) is 6.42 Å². The van der Waals surface area contributed by atoms with Gasteiger partial charge in [0.15, 0.2) is 0 Å². The minimum absolute atomic E-state index is 0.00338. The molecule has 0 amide bonds. The van der Waals surface area contributed by atoms with E-state index in [1.54, 1.807) is 5.31 Å². The lowest BCUT2D eigenvalue weighted by atomic mass is 10.1. The Hall–Kier alpha value is -0.0300. The van der Waals surface area contributed by atoms with Crippen LogP contribution in [-0.2, 0) is 0 Å². The molecular formula is C14H30NP. The maximum atomic E-state index is 3.52. The van der Waals surface area contributed by atoms with Gasteiger partial charge >= 0.3 is 0 Å². The Kier molecular flexibility index (Phi) is 6.63. The highest BCUT2D eigenvalue weighted by molar-refractivity contribution is 7.63. The molecule has 0 aliphatic carbocycles. The summed E-state index contributed by atoms with van der Waals surface area (Å²) in [6.45, 7) is 18.3. The van der Waals surface area contributed by atoms with Gasteiger partial charge in [-0.2, -0.15) is 0 Å². The summed E-state index contributed by atoms with van der Waals surface area (Å²) in [5.74, 6) is 0. The minimum atomic E-state index is 0.00338. The summed E-state index contributed by atoms with van der Waals surface area (Å²) in [4.78, 5) is 0. The molecule has 0 aliphatic rings. The molecule has 0 aliphatic heterocycles. The molecule has 0 bridgehead atoms. The van der Waals surface area contributed by atoms with Gasteiger partial charge in [0.1, 0.15) is 0 Å². The van der Waals surface area contributed by atoms with E-state index in [4.69, 9.17) is 0 Å². The number of nitrogens with one attached hydrogen (secondary N) is 1. The van der Waals surface area contributed by atoms with Crippen LogP contribution >= 0.6 is 7.92 Å². The molecule has 1 nitrogen and oxygen atoms in total. The molecule has 0 atom stereocenters. The molecule has 0 aromatic carbocycles. The molecule has 0 saturated heterocycles. The largest absolute Gasteiger partial charge is 0.386 e. The van der Waals surface area contributed by atoms with E-state index in [2.05, 4.69) is 66.9 Å². The summed E-state index contributed by atoms with van der Waals surface area (Å²) in [5.41, 5.74) is 1.74. The summed E-state index contributed by atoms with van der Waals surface area (Å²) in [7, 11) is 0.00338. The van der Waals surface area contributed by atoms with Crippen molar-refractivity contribution in [3.05, 3.63) is 11.5 Å². The third-order valence-corrected chi connectivity index (χ3v) is 5.81. The molecular weight excluding hydrogens is 213 g/mol. The van der Waals surface area contributed by atoms with Gasteiger partial charge in [0.05, 0.1) is 0 Å². The smallest absolute Gasteiger partial charge is 0.0284 e. The maximum absolute atomic E-state index is 3.52. The van der Waals surface area contributed by atoms with Gasteiger partial charge in [0.2, 0.25) is 0 Å². The van der Waals surface area contributed by atoms with Gasteiger partial charge in [0, 0.05) is 11.7 Å². The summed E-state index contributed by atoms with van der Waals surface area (Å²) in [6, 6.07) is 0. The van der Waals surface area contributed by atoms with Crippen LogP contribution in [0.5, 0.6) is 0 Å². The molecule has 96 valence electrons. The van der Waals surface area contributed by atoms with E-state index in [-0.39, 0.29) is 13.5 Å². The third-order valence-electron chi connectivity index (χ3n) is 2.48. The van der Waals surface area contributed by atoms with Crippen molar-refractivity contribution in [3.8, 4) is 0 Å². The van der Waals surface area contributed by atoms with Crippen LogP contribution in [0.3, 0.4) is 0 Å². The molecule has 0 aromatic rings. The van der Waals surface area contributed by atoms with E-state index in [1.807, 2.05) is 0 Å². The average Bonchev–Trinajstić information content (AvgIpc) is 2.08. The first-order chi connectivity index (χ1) is 7.19. The molecule has 0 spiro atoms. The SMILES string of the molecule is CC/C(=C\NC(C)(C)C)P(C(C)C)C(C)C. The molecule has 1 N–H and O–H groups in total. The second kappa shape index (κ2) is 6.64. The van der Waals surface area contributed by atoms with E-state index >= 15 is 0 Å². The monoisotopic (exact) mass is 243 g/mol. The predicted molar refractivity (Wildman–Crippen MR) is 78.5 cm³/mol. The molecule has 16 heavy (non-hydrogen) atoms. The lowest BCUT2D eigenvalue weighted by Gasteiger charge is -2.29. The molecule has 0 heterocycles. The van der Waals surface area contributed by atoms with E-state index < -0.39 is 0 Å². The Morgan fingerprint density at radius 2 is 1.56 bits per heavy atom. The lowest BCUT2D eigenvalue weighted by Crippen LogP contribution is -2.31. The standard InChI is InChI=1S/C14H30NP/c1-9-13(10-15-14(6,7)8)16(11(2)3)12(4)5/h10-12,15H,9H2,1-8H3/b13-10+. The Labute approximate surface area is 104 Å². The van der Waals surface area contributed by atoms with Crippen LogP contribution in [0.2, 0.25) is 0 Å².